The largest absolute Gasteiger partial charge is 0.215 e. The average Bonchev–Trinajstić information content (AvgIpc) is 2.16. The zero-order chi connectivity index (χ0) is 11.5. The second-order valence-corrected chi connectivity index (χ2v) is 6.39. The predicted octanol–water partition coefficient (Wildman–Crippen LogP) is 1.35. The third kappa shape index (κ3) is 3.18. The first-order valence-electron chi connectivity index (χ1n) is 5.36. The minimum Gasteiger partial charge on any atom is -0.212 e. The molecular formula is C10H18N2O2S. The summed E-state index contributed by atoms with van der Waals surface area (Å²) < 4.78 is 25.3. The second-order valence-electron chi connectivity index (χ2n) is 4.42. The molecule has 1 unspecified atom stereocenters. The Bertz CT molecular complexity index is 343. The van der Waals surface area contributed by atoms with Gasteiger partial charge >= 0.3 is 0 Å². The van der Waals surface area contributed by atoms with E-state index in [0.29, 0.717) is 13.0 Å². The molecule has 0 amide bonds. The molecule has 0 aromatic rings. The van der Waals surface area contributed by atoms with Crippen LogP contribution in [0, 0.1) is 17.2 Å². The molecule has 4 nitrogen and oxygen atoms in total. The van der Waals surface area contributed by atoms with Gasteiger partial charge in [-0.2, -0.15) is 9.57 Å². The van der Waals surface area contributed by atoms with E-state index in [2.05, 4.69) is 6.07 Å². The summed E-state index contributed by atoms with van der Waals surface area (Å²) in [6.45, 7) is 4.26. The van der Waals surface area contributed by atoms with Gasteiger partial charge < -0.3 is 0 Å². The fourth-order valence-corrected chi connectivity index (χ4v) is 3.87. The Morgan fingerprint density at radius 3 is 2.67 bits per heavy atom. The van der Waals surface area contributed by atoms with E-state index in [0.717, 1.165) is 12.8 Å². The monoisotopic (exact) mass is 230 g/mol. The molecule has 86 valence electrons. The zero-order valence-electron chi connectivity index (χ0n) is 9.31. The molecule has 0 N–H and O–H groups in total. The van der Waals surface area contributed by atoms with E-state index in [-0.39, 0.29) is 11.7 Å². The summed E-state index contributed by atoms with van der Waals surface area (Å²) in [5.41, 5.74) is 0. The Labute approximate surface area is 91.9 Å². The Balaban J connectivity index is 2.80. The second kappa shape index (κ2) is 4.95. The van der Waals surface area contributed by atoms with Crippen molar-refractivity contribution in [2.75, 3.05) is 12.3 Å². The summed E-state index contributed by atoms with van der Waals surface area (Å²) in [5, 5.41) is 8.90. The van der Waals surface area contributed by atoms with Gasteiger partial charge in [-0.3, -0.25) is 0 Å². The summed E-state index contributed by atoms with van der Waals surface area (Å²) >= 11 is 0. The fourth-order valence-electron chi connectivity index (χ4n) is 1.88. The predicted molar refractivity (Wildman–Crippen MR) is 58.6 cm³/mol. The van der Waals surface area contributed by atoms with Crippen molar-refractivity contribution in [3.05, 3.63) is 0 Å². The van der Waals surface area contributed by atoms with Crippen molar-refractivity contribution >= 4 is 10.0 Å². The Kier molecular flexibility index (Phi) is 4.12. The number of hydrogen-bond donors (Lipinski definition) is 0. The van der Waals surface area contributed by atoms with Crippen LogP contribution in [0.1, 0.15) is 33.1 Å². The molecule has 0 aromatic heterocycles. The maximum atomic E-state index is 11.9. The molecule has 15 heavy (non-hydrogen) atoms. The summed E-state index contributed by atoms with van der Waals surface area (Å²) in [7, 11) is -3.23. The van der Waals surface area contributed by atoms with Gasteiger partial charge in [-0.25, -0.2) is 8.42 Å². The summed E-state index contributed by atoms with van der Waals surface area (Å²) in [6.07, 6.45) is 2.50. The van der Waals surface area contributed by atoms with E-state index in [1.807, 2.05) is 13.8 Å². The topological polar surface area (TPSA) is 61.2 Å². The summed E-state index contributed by atoms with van der Waals surface area (Å²) in [5.74, 6) is 0.252. The van der Waals surface area contributed by atoms with Gasteiger partial charge in [0.25, 0.3) is 0 Å². The first kappa shape index (κ1) is 12.5. The van der Waals surface area contributed by atoms with E-state index in [1.54, 1.807) is 0 Å². The van der Waals surface area contributed by atoms with Crippen LogP contribution in [0.4, 0.5) is 0 Å². The molecule has 1 atom stereocenters. The number of nitrogens with zero attached hydrogens (tertiary/aromatic N) is 2. The van der Waals surface area contributed by atoms with Gasteiger partial charge in [0.15, 0.2) is 0 Å². The van der Waals surface area contributed by atoms with Crippen LogP contribution >= 0.6 is 0 Å². The minimum absolute atomic E-state index is 0.108. The minimum atomic E-state index is -3.23. The standard InChI is InChI=1S/C10H18N2O2S/c1-9(2)8-15(13,14)12-6-4-3-5-10(12)7-11/h9-10H,3-6,8H2,1-2H3. The van der Waals surface area contributed by atoms with Crippen molar-refractivity contribution in [1.29, 1.82) is 5.26 Å². The highest BCUT2D eigenvalue weighted by atomic mass is 32.2. The first-order valence-corrected chi connectivity index (χ1v) is 6.97. The zero-order valence-corrected chi connectivity index (χ0v) is 10.1. The van der Waals surface area contributed by atoms with Crippen LogP contribution in [0.5, 0.6) is 0 Å². The van der Waals surface area contributed by atoms with Crippen molar-refractivity contribution in [3.8, 4) is 6.07 Å². The van der Waals surface area contributed by atoms with Crippen LogP contribution in [0.15, 0.2) is 0 Å². The first-order chi connectivity index (χ1) is 6.97. The molecule has 0 saturated carbocycles. The smallest absolute Gasteiger partial charge is 0.212 e. The van der Waals surface area contributed by atoms with E-state index in [9.17, 15) is 8.42 Å². The molecule has 1 heterocycles. The molecule has 1 saturated heterocycles. The van der Waals surface area contributed by atoms with Gasteiger partial charge in [-0.1, -0.05) is 13.8 Å². The van der Waals surface area contributed by atoms with Crippen LogP contribution in [-0.2, 0) is 10.0 Å². The summed E-state index contributed by atoms with van der Waals surface area (Å²) in [4.78, 5) is 0. The molecule has 0 aromatic carbocycles. The van der Waals surface area contributed by atoms with Gasteiger partial charge in [0.2, 0.25) is 10.0 Å². The molecule has 0 spiro atoms. The lowest BCUT2D eigenvalue weighted by Gasteiger charge is -2.30. The SMILES string of the molecule is CC(C)CS(=O)(=O)N1CCCCC1C#N. The number of hydrogen-bond acceptors (Lipinski definition) is 3. The lowest BCUT2D eigenvalue weighted by molar-refractivity contribution is 0.295. The third-order valence-corrected chi connectivity index (χ3v) is 4.74. The van der Waals surface area contributed by atoms with Gasteiger partial charge in [0.1, 0.15) is 6.04 Å². The fraction of sp³-hybridized carbons (Fsp3) is 0.900. The number of rotatable bonds is 3. The van der Waals surface area contributed by atoms with Gasteiger partial charge in [-0.15, -0.1) is 0 Å². The molecule has 0 aliphatic carbocycles. The van der Waals surface area contributed by atoms with Crippen LogP contribution < -0.4 is 0 Å². The lowest BCUT2D eigenvalue weighted by atomic mass is 10.1. The number of piperidine rings is 1. The molecule has 1 aliphatic rings. The molecule has 1 aliphatic heterocycles. The quantitative estimate of drug-likeness (QED) is 0.735. The lowest BCUT2D eigenvalue weighted by Crippen LogP contribution is -2.44. The van der Waals surface area contributed by atoms with E-state index in [1.165, 1.54) is 4.31 Å². The average molecular weight is 230 g/mol. The maximum Gasteiger partial charge on any atom is 0.215 e. The number of sulfonamides is 1. The van der Waals surface area contributed by atoms with Crippen LogP contribution in [-0.4, -0.2) is 31.1 Å². The Morgan fingerprint density at radius 2 is 2.13 bits per heavy atom. The molecular weight excluding hydrogens is 212 g/mol. The van der Waals surface area contributed by atoms with Crippen LogP contribution in [0.25, 0.3) is 0 Å². The normalized spacial score (nSPS) is 24.0. The van der Waals surface area contributed by atoms with Gasteiger partial charge in [0, 0.05) is 6.54 Å². The van der Waals surface area contributed by atoms with E-state index in [4.69, 9.17) is 5.26 Å². The van der Waals surface area contributed by atoms with Crippen LogP contribution in [0.2, 0.25) is 0 Å². The number of nitriles is 1. The van der Waals surface area contributed by atoms with Crippen molar-refractivity contribution in [2.24, 2.45) is 5.92 Å². The van der Waals surface area contributed by atoms with Gasteiger partial charge in [0.05, 0.1) is 11.8 Å². The van der Waals surface area contributed by atoms with E-state index >= 15 is 0 Å². The van der Waals surface area contributed by atoms with Gasteiger partial charge in [-0.05, 0) is 25.2 Å². The van der Waals surface area contributed by atoms with Crippen molar-refractivity contribution in [1.82, 2.24) is 4.31 Å². The molecule has 5 heteroatoms. The highest BCUT2D eigenvalue weighted by Crippen LogP contribution is 2.21. The Morgan fingerprint density at radius 1 is 1.47 bits per heavy atom. The highest BCUT2D eigenvalue weighted by Gasteiger charge is 2.32. The van der Waals surface area contributed by atoms with Crippen LogP contribution in [0.3, 0.4) is 0 Å². The van der Waals surface area contributed by atoms with Crippen molar-refractivity contribution in [2.45, 2.75) is 39.2 Å². The van der Waals surface area contributed by atoms with Crippen molar-refractivity contribution in [3.63, 3.8) is 0 Å². The van der Waals surface area contributed by atoms with E-state index < -0.39 is 16.1 Å². The highest BCUT2D eigenvalue weighted by molar-refractivity contribution is 7.89. The molecule has 1 rings (SSSR count). The Hall–Kier alpha value is -0.600. The third-order valence-electron chi connectivity index (χ3n) is 2.50. The summed E-state index contributed by atoms with van der Waals surface area (Å²) in [6, 6.07) is 1.64. The maximum absolute atomic E-state index is 11.9. The molecule has 0 radical (unpaired) electrons. The van der Waals surface area contributed by atoms with Crippen molar-refractivity contribution < 1.29 is 8.42 Å². The molecule has 1 fully saturated rings. The molecule has 0 bridgehead atoms.